The molecule has 2 rings (SSSR count). The zero-order valence-electron chi connectivity index (χ0n) is 9.57. The molecule has 0 saturated carbocycles. The van der Waals surface area contributed by atoms with Gasteiger partial charge in [-0.15, -0.1) is 0 Å². The first kappa shape index (κ1) is 15.9. The van der Waals surface area contributed by atoms with Gasteiger partial charge in [-0.1, -0.05) is 40.9 Å². The Morgan fingerprint density at radius 2 is 1.75 bits per heavy atom. The van der Waals surface area contributed by atoms with E-state index in [1.165, 1.54) is 24.4 Å². The fraction of sp³-hybridized carbons (Fsp3) is 0. The molecule has 1 heterocycles. The van der Waals surface area contributed by atoms with Crippen LogP contribution in [-0.2, 0) is 10.0 Å². The topological polar surface area (TPSA) is 59.1 Å². The molecule has 0 fully saturated rings. The van der Waals surface area contributed by atoms with Crippen LogP contribution in [0.4, 0.5) is 5.69 Å². The van der Waals surface area contributed by atoms with Crippen molar-refractivity contribution in [3.63, 3.8) is 0 Å². The molecule has 1 aromatic carbocycles. The number of hydrogen-bond donors (Lipinski definition) is 1. The maximum absolute atomic E-state index is 12.3. The van der Waals surface area contributed by atoms with Crippen molar-refractivity contribution >= 4 is 66.4 Å². The van der Waals surface area contributed by atoms with Crippen molar-refractivity contribution in [1.82, 2.24) is 4.98 Å². The van der Waals surface area contributed by atoms with Crippen molar-refractivity contribution in [1.29, 1.82) is 0 Å². The molecule has 0 unspecified atom stereocenters. The molecule has 0 spiro atoms. The Morgan fingerprint density at radius 1 is 1.15 bits per heavy atom. The van der Waals surface area contributed by atoms with Crippen LogP contribution in [0.25, 0.3) is 0 Å². The molecule has 0 radical (unpaired) electrons. The molecule has 0 aliphatic rings. The second-order valence-electron chi connectivity index (χ2n) is 3.65. The highest BCUT2D eigenvalue weighted by atomic mass is 79.9. The van der Waals surface area contributed by atoms with Gasteiger partial charge in [0.05, 0.1) is 15.7 Å². The quantitative estimate of drug-likeness (QED) is 0.744. The molecular formula is C11H6BrCl3N2O2S. The van der Waals surface area contributed by atoms with E-state index >= 15 is 0 Å². The molecule has 0 saturated heterocycles. The second kappa shape index (κ2) is 6.07. The predicted molar refractivity (Wildman–Crippen MR) is 84.2 cm³/mol. The molecule has 1 aromatic heterocycles. The number of sulfonamides is 1. The molecule has 0 amide bonds. The lowest BCUT2D eigenvalue weighted by Gasteiger charge is -2.11. The minimum atomic E-state index is -3.97. The van der Waals surface area contributed by atoms with Crippen LogP contribution in [0.2, 0.25) is 15.2 Å². The summed E-state index contributed by atoms with van der Waals surface area (Å²) in [4.78, 5) is 3.62. The van der Waals surface area contributed by atoms with Gasteiger partial charge in [0.1, 0.15) is 4.90 Å². The Morgan fingerprint density at radius 3 is 2.35 bits per heavy atom. The average Bonchev–Trinajstić information content (AvgIpc) is 2.33. The van der Waals surface area contributed by atoms with E-state index in [-0.39, 0.29) is 25.8 Å². The van der Waals surface area contributed by atoms with E-state index in [9.17, 15) is 8.42 Å². The van der Waals surface area contributed by atoms with Crippen LogP contribution in [0, 0.1) is 0 Å². The van der Waals surface area contributed by atoms with Crippen LogP contribution >= 0.6 is 50.7 Å². The number of aromatic nitrogens is 1. The number of nitrogens with one attached hydrogen (secondary N) is 1. The maximum atomic E-state index is 12.3. The summed E-state index contributed by atoms with van der Waals surface area (Å²) in [6.07, 6.45) is 1.45. The van der Waals surface area contributed by atoms with Crippen LogP contribution in [0.15, 0.2) is 39.8 Å². The van der Waals surface area contributed by atoms with Gasteiger partial charge in [0.2, 0.25) is 0 Å². The highest BCUT2D eigenvalue weighted by molar-refractivity contribution is 9.10. The van der Waals surface area contributed by atoms with Crippen molar-refractivity contribution in [2.24, 2.45) is 0 Å². The van der Waals surface area contributed by atoms with E-state index in [1.54, 1.807) is 6.07 Å². The van der Waals surface area contributed by atoms with Crippen LogP contribution in [0.1, 0.15) is 0 Å². The van der Waals surface area contributed by atoms with Gasteiger partial charge in [-0.25, -0.2) is 13.4 Å². The summed E-state index contributed by atoms with van der Waals surface area (Å²) in [5.41, 5.74) is 0.122. The fourth-order valence-electron chi connectivity index (χ4n) is 1.43. The summed E-state index contributed by atoms with van der Waals surface area (Å²) < 4.78 is 27.5. The largest absolute Gasteiger partial charge is 0.276 e. The Hall–Kier alpha value is -0.530. The van der Waals surface area contributed by atoms with Crippen molar-refractivity contribution < 1.29 is 8.42 Å². The minimum Gasteiger partial charge on any atom is -0.276 e. The first-order valence-corrected chi connectivity index (χ1v) is 8.50. The smallest absolute Gasteiger partial charge is 0.264 e. The summed E-state index contributed by atoms with van der Waals surface area (Å²) >= 11 is 20.8. The predicted octanol–water partition coefficient (Wildman–Crippen LogP) is 4.61. The molecule has 4 nitrogen and oxygen atoms in total. The second-order valence-corrected chi connectivity index (χ2v) is 7.36. The Bertz CT molecular complexity index is 748. The molecule has 1 N–H and O–H groups in total. The molecule has 0 bridgehead atoms. The van der Waals surface area contributed by atoms with Gasteiger partial charge in [0, 0.05) is 10.7 Å². The third-order valence-electron chi connectivity index (χ3n) is 2.24. The third kappa shape index (κ3) is 3.38. The molecule has 0 aliphatic carbocycles. The SMILES string of the molecule is O=S(=O)(Nc1cc(Br)cnc1Cl)c1c(Cl)cccc1Cl. The van der Waals surface area contributed by atoms with Crippen LogP contribution < -0.4 is 4.72 Å². The fourth-order valence-corrected chi connectivity index (χ4v) is 4.17. The summed E-state index contributed by atoms with van der Waals surface area (Å²) in [5.74, 6) is 0. The number of rotatable bonds is 3. The van der Waals surface area contributed by atoms with E-state index in [4.69, 9.17) is 34.8 Å². The molecule has 20 heavy (non-hydrogen) atoms. The molecular weight excluding hydrogens is 410 g/mol. The summed E-state index contributed by atoms with van der Waals surface area (Å²) in [6, 6.07) is 5.90. The van der Waals surface area contributed by atoms with E-state index in [1.807, 2.05) is 0 Å². The van der Waals surface area contributed by atoms with Gasteiger partial charge in [-0.3, -0.25) is 4.72 Å². The molecule has 0 aliphatic heterocycles. The maximum Gasteiger partial charge on any atom is 0.264 e. The summed E-state index contributed by atoms with van der Waals surface area (Å²) in [5, 5.41) is 0.0492. The van der Waals surface area contributed by atoms with Gasteiger partial charge < -0.3 is 0 Å². The van der Waals surface area contributed by atoms with Crippen LogP contribution in [0.5, 0.6) is 0 Å². The molecule has 2 aromatic rings. The number of nitrogens with zero attached hydrogens (tertiary/aromatic N) is 1. The van der Waals surface area contributed by atoms with Gasteiger partial charge in [-0.2, -0.15) is 0 Å². The van der Waals surface area contributed by atoms with Gasteiger partial charge in [-0.05, 0) is 34.1 Å². The van der Waals surface area contributed by atoms with Crippen molar-refractivity contribution in [3.8, 4) is 0 Å². The lowest BCUT2D eigenvalue weighted by Crippen LogP contribution is -2.14. The van der Waals surface area contributed by atoms with Gasteiger partial charge >= 0.3 is 0 Å². The van der Waals surface area contributed by atoms with E-state index < -0.39 is 10.0 Å². The van der Waals surface area contributed by atoms with E-state index in [0.717, 1.165) is 0 Å². The van der Waals surface area contributed by atoms with E-state index in [2.05, 4.69) is 25.6 Å². The Balaban J connectivity index is 2.49. The number of anilines is 1. The first-order chi connectivity index (χ1) is 9.31. The highest BCUT2D eigenvalue weighted by Crippen LogP contribution is 2.32. The van der Waals surface area contributed by atoms with E-state index in [0.29, 0.717) is 4.47 Å². The minimum absolute atomic E-state index is 0.0138. The molecule has 9 heteroatoms. The number of halogens is 4. The zero-order valence-corrected chi connectivity index (χ0v) is 14.2. The number of hydrogen-bond acceptors (Lipinski definition) is 3. The standard InChI is InChI=1S/C11H6BrCl3N2O2S/c12-6-4-9(11(15)16-5-6)17-20(18,19)10-7(13)2-1-3-8(10)14/h1-5,17H. The monoisotopic (exact) mass is 414 g/mol. The normalized spacial score (nSPS) is 11.4. The Kier molecular flexibility index (Phi) is 4.81. The number of benzene rings is 1. The van der Waals surface area contributed by atoms with Crippen molar-refractivity contribution in [2.45, 2.75) is 4.90 Å². The van der Waals surface area contributed by atoms with Gasteiger partial charge in [0.25, 0.3) is 10.0 Å². The summed E-state index contributed by atoms with van der Waals surface area (Å²) in [6.45, 7) is 0. The zero-order chi connectivity index (χ0) is 14.9. The average molecular weight is 417 g/mol. The molecule has 0 atom stereocenters. The number of pyridine rings is 1. The molecule has 106 valence electrons. The summed E-state index contributed by atoms with van der Waals surface area (Å²) in [7, 11) is -3.97. The lowest BCUT2D eigenvalue weighted by atomic mass is 10.4. The van der Waals surface area contributed by atoms with Gasteiger partial charge in [0.15, 0.2) is 5.15 Å². The lowest BCUT2D eigenvalue weighted by molar-refractivity contribution is 0.601. The third-order valence-corrected chi connectivity index (χ3v) is 5.29. The van der Waals surface area contributed by atoms with Crippen LogP contribution in [-0.4, -0.2) is 13.4 Å². The first-order valence-electron chi connectivity index (χ1n) is 5.09. The highest BCUT2D eigenvalue weighted by Gasteiger charge is 2.22. The van der Waals surface area contributed by atoms with Crippen LogP contribution in [0.3, 0.4) is 0 Å². The van der Waals surface area contributed by atoms with Crippen molar-refractivity contribution in [2.75, 3.05) is 4.72 Å². The van der Waals surface area contributed by atoms with Crippen molar-refractivity contribution in [3.05, 3.63) is 50.1 Å². The Labute approximate surface area is 139 Å².